The molecule has 2 heterocycles. The normalized spacial score (nSPS) is 17.3. The molecule has 0 atom stereocenters. The molecule has 0 radical (unpaired) electrons. The summed E-state index contributed by atoms with van der Waals surface area (Å²) in [6.07, 6.45) is 7.99. The van der Waals surface area contributed by atoms with Crippen LogP contribution in [-0.2, 0) is 0 Å². The van der Waals surface area contributed by atoms with Gasteiger partial charge < -0.3 is 0 Å². The lowest BCUT2D eigenvalue weighted by atomic mass is 10.2. The van der Waals surface area contributed by atoms with Gasteiger partial charge in [0.1, 0.15) is 6.33 Å². The second-order valence-electron chi connectivity index (χ2n) is 3.62. The summed E-state index contributed by atoms with van der Waals surface area (Å²) in [6, 6.07) is 0. The van der Waals surface area contributed by atoms with Gasteiger partial charge >= 0.3 is 0 Å². The van der Waals surface area contributed by atoms with E-state index >= 15 is 0 Å². The maximum atomic E-state index is 11.7. The molecule has 0 aromatic carbocycles. The molecule has 2 rings (SSSR count). The zero-order valence-electron chi connectivity index (χ0n) is 8.52. The van der Waals surface area contributed by atoms with Gasteiger partial charge in [0.25, 0.3) is 5.91 Å². The van der Waals surface area contributed by atoms with Crippen LogP contribution in [0.3, 0.4) is 0 Å². The summed E-state index contributed by atoms with van der Waals surface area (Å²) in [6.45, 7) is 1.86. The van der Waals surface area contributed by atoms with Crippen molar-refractivity contribution in [3.05, 3.63) is 24.3 Å². The molecule has 0 aliphatic carbocycles. The van der Waals surface area contributed by atoms with E-state index in [1.807, 2.05) is 5.01 Å². The van der Waals surface area contributed by atoms with E-state index in [1.165, 1.54) is 25.1 Å². The molecule has 5 nitrogen and oxygen atoms in total. The first-order valence-corrected chi connectivity index (χ1v) is 5.17. The van der Waals surface area contributed by atoms with Gasteiger partial charge in [-0.25, -0.2) is 15.0 Å². The van der Waals surface area contributed by atoms with Crippen LogP contribution in [0, 0.1) is 0 Å². The van der Waals surface area contributed by atoms with Crippen LogP contribution < -0.4 is 5.43 Å². The summed E-state index contributed by atoms with van der Waals surface area (Å²) in [5.74, 6) is -0.127. The Balaban J connectivity index is 1.91. The lowest BCUT2D eigenvalue weighted by molar-refractivity contribution is 0.0749. The number of rotatable bonds is 2. The Hall–Kier alpha value is -1.49. The number of carbonyl (C=O) groups excluding carboxylic acids is 1. The summed E-state index contributed by atoms with van der Waals surface area (Å²) in [5, 5.41) is 1.96. The number of nitrogens with zero attached hydrogens (tertiary/aromatic N) is 3. The van der Waals surface area contributed by atoms with Crippen molar-refractivity contribution in [3.63, 3.8) is 0 Å². The zero-order chi connectivity index (χ0) is 10.5. The van der Waals surface area contributed by atoms with Crippen LogP contribution in [0.15, 0.2) is 18.7 Å². The Bertz CT molecular complexity index is 321. The molecule has 80 valence electrons. The van der Waals surface area contributed by atoms with E-state index in [2.05, 4.69) is 15.4 Å². The van der Waals surface area contributed by atoms with Crippen LogP contribution in [0.4, 0.5) is 0 Å². The maximum Gasteiger partial charge on any atom is 0.268 e. The van der Waals surface area contributed by atoms with Gasteiger partial charge in [0.05, 0.1) is 5.56 Å². The topological polar surface area (TPSA) is 58.1 Å². The molecule has 0 spiro atoms. The molecule has 1 amide bonds. The van der Waals surface area contributed by atoms with E-state index in [0.717, 1.165) is 25.9 Å². The SMILES string of the molecule is O=C(NN1CCCCC1)c1cncnc1. The maximum absolute atomic E-state index is 11.7. The average molecular weight is 206 g/mol. The quantitative estimate of drug-likeness (QED) is 0.770. The number of hydrogen-bond acceptors (Lipinski definition) is 4. The first kappa shape index (κ1) is 10.0. The lowest BCUT2D eigenvalue weighted by Crippen LogP contribution is -2.45. The van der Waals surface area contributed by atoms with E-state index in [-0.39, 0.29) is 5.91 Å². The van der Waals surface area contributed by atoms with Gasteiger partial charge in [-0.2, -0.15) is 0 Å². The van der Waals surface area contributed by atoms with Crippen molar-refractivity contribution in [1.82, 2.24) is 20.4 Å². The van der Waals surface area contributed by atoms with Crippen molar-refractivity contribution < 1.29 is 4.79 Å². The second-order valence-corrected chi connectivity index (χ2v) is 3.62. The van der Waals surface area contributed by atoms with Gasteiger partial charge in [-0.15, -0.1) is 0 Å². The molecular weight excluding hydrogens is 192 g/mol. The van der Waals surface area contributed by atoms with Crippen LogP contribution in [-0.4, -0.2) is 34.0 Å². The molecule has 0 bridgehead atoms. The fraction of sp³-hybridized carbons (Fsp3) is 0.500. The molecule has 0 unspecified atom stereocenters. The van der Waals surface area contributed by atoms with Crippen LogP contribution in [0.1, 0.15) is 29.6 Å². The number of hydrazine groups is 1. The molecule has 15 heavy (non-hydrogen) atoms. The van der Waals surface area contributed by atoms with Gasteiger partial charge in [-0.1, -0.05) is 6.42 Å². The van der Waals surface area contributed by atoms with Crippen LogP contribution in [0.5, 0.6) is 0 Å². The number of nitrogens with one attached hydrogen (secondary N) is 1. The molecule has 0 saturated carbocycles. The minimum atomic E-state index is -0.127. The summed E-state index contributed by atoms with van der Waals surface area (Å²) in [5.41, 5.74) is 3.35. The Kier molecular flexibility index (Phi) is 3.24. The highest BCUT2D eigenvalue weighted by molar-refractivity contribution is 5.93. The molecule has 5 heteroatoms. The van der Waals surface area contributed by atoms with Crippen LogP contribution in [0.2, 0.25) is 0 Å². The van der Waals surface area contributed by atoms with E-state index in [9.17, 15) is 4.79 Å². The predicted molar refractivity (Wildman–Crippen MR) is 54.9 cm³/mol. The second kappa shape index (κ2) is 4.84. The Morgan fingerprint density at radius 2 is 1.87 bits per heavy atom. The summed E-state index contributed by atoms with van der Waals surface area (Å²) < 4.78 is 0. The van der Waals surface area contributed by atoms with Gasteiger partial charge in [0.2, 0.25) is 0 Å². The third kappa shape index (κ3) is 2.73. The fourth-order valence-corrected chi connectivity index (χ4v) is 1.63. The molecule has 1 saturated heterocycles. The lowest BCUT2D eigenvalue weighted by Gasteiger charge is -2.26. The number of aromatic nitrogens is 2. The Morgan fingerprint density at radius 3 is 2.53 bits per heavy atom. The monoisotopic (exact) mass is 206 g/mol. The average Bonchev–Trinajstić information content (AvgIpc) is 2.31. The van der Waals surface area contributed by atoms with Crippen molar-refractivity contribution >= 4 is 5.91 Å². The van der Waals surface area contributed by atoms with Gasteiger partial charge in [0, 0.05) is 25.5 Å². The number of piperidine rings is 1. The minimum absolute atomic E-state index is 0.127. The van der Waals surface area contributed by atoms with Gasteiger partial charge in [-0.3, -0.25) is 10.2 Å². The fourth-order valence-electron chi connectivity index (χ4n) is 1.63. The van der Waals surface area contributed by atoms with E-state index in [1.54, 1.807) is 0 Å². The summed E-state index contributed by atoms with van der Waals surface area (Å²) >= 11 is 0. The van der Waals surface area contributed by atoms with Gasteiger partial charge in [0.15, 0.2) is 0 Å². The van der Waals surface area contributed by atoms with E-state index < -0.39 is 0 Å². The molecule has 1 fully saturated rings. The van der Waals surface area contributed by atoms with Crippen molar-refractivity contribution in [2.24, 2.45) is 0 Å². The van der Waals surface area contributed by atoms with Crippen molar-refractivity contribution in [1.29, 1.82) is 0 Å². The number of hydrogen-bond donors (Lipinski definition) is 1. The zero-order valence-corrected chi connectivity index (χ0v) is 8.52. The molecular formula is C10H14N4O. The first-order chi connectivity index (χ1) is 7.36. The highest BCUT2D eigenvalue weighted by Crippen LogP contribution is 2.06. The third-order valence-corrected chi connectivity index (χ3v) is 2.44. The standard InChI is InChI=1S/C10H14N4O/c15-10(9-6-11-8-12-7-9)13-14-4-2-1-3-5-14/h6-8H,1-5H2,(H,13,15). The van der Waals surface area contributed by atoms with E-state index in [4.69, 9.17) is 0 Å². The molecule has 1 N–H and O–H groups in total. The van der Waals surface area contributed by atoms with E-state index in [0.29, 0.717) is 5.56 Å². The smallest absolute Gasteiger partial charge is 0.268 e. The number of carbonyl (C=O) groups is 1. The van der Waals surface area contributed by atoms with Crippen LogP contribution in [0.25, 0.3) is 0 Å². The third-order valence-electron chi connectivity index (χ3n) is 2.44. The van der Waals surface area contributed by atoms with Crippen molar-refractivity contribution in [2.45, 2.75) is 19.3 Å². The predicted octanol–water partition coefficient (Wildman–Crippen LogP) is 0.607. The summed E-state index contributed by atoms with van der Waals surface area (Å²) in [7, 11) is 0. The molecule has 1 aromatic heterocycles. The molecule has 1 aromatic rings. The minimum Gasteiger partial charge on any atom is -0.285 e. The molecule has 1 aliphatic heterocycles. The van der Waals surface area contributed by atoms with Gasteiger partial charge in [-0.05, 0) is 12.8 Å². The van der Waals surface area contributed by atoms with Crippen molar-refractivity contribution in [3.8, 4) is 0 Å². The molecule has 1 aliphatic rings. The number of amides is 1. The summed E-state index contributed by atoms with van der Waals surface area (Å²) in [4.78, 5) is 19.3. The van der Waals surface area contributed by atoms with Crippen LogP contribution >= 0.6 is 0 Å². The van der Waals surface area contributed by atoms with Crippen molar-refractivity contribution in [2.75, 3.05) is 13.1 Å². The largest absolute Gasteiger partial charge is 0.285 e. The highest BCUT2D eigenvalue weighted by Gasteiger charge is 2.13. The highest BCUT2D eigenvalue weighted by atomic mass is 16.2. The Labute approximate surface area is 88.5 Å². The first-order valence-electron chi connectivity index (χ1n) is 5.17. The Morgan fingerprint density at radius 1 is 1.20 bits per heavy atom.